The molecule has 0 radical (unpaired) electrons. The Balaban J connectivity index is 2.58. The lowest BCUT2D eigenvalue weighted by atomic mass is 9.99. The fourth-order valence-corrected chi connectivity index (χ4v) is 2.42. The third kappa shape index (κ3) is 4.57. The summed E-state index contributed by atoms with van der Waals surface area (Å²) in [7, 11) is 0. The van der Waals surface area contributed by atoms with Gasteiger partial charge in [-0.2, -0.15) is 0 Å². The van der Waals surface area contributed by atoms with Gasteiger partial charge < -0.3 is 9.47 Å². The van der Waals surface area contributed by atoms with E-state index in [0.717, 1.165) is 26.4 Å². The van der Waals surface area contributed by atoms with Gasteiger partial charge in [-0.05, 0) is 32.7 Å². The van der Waals surface area contributed by atoms with Crippen LogP contribution in [0.15, 0.2) is 0 Å². The zero-order valence-electron chi connectivity index (χ0n) is 12.1. The summed E-state index contributed by atoms with van der Waals surface area (Å²) in [5, 5.41) is 0. The number of hydrogen-bond acceptors (Lipinski definition) is 3. The lowest BCUT2D eigenvalue weighted by molar-refractivity contribution is -0.0943. The van der Waals surface area contributed by atoms with E-state index in [1.165, 1.54) is 6.42 Å². The van der Waals surface area contributed by atoms with Gasteiger partial charge in [0.25, 0.3) is 0 Å². The molecule has 0 bridgehead atoms. The molecule has 0 aromatic rings. The highest BCUT2D eigenvalue weighted by Gasteiger charge is 2.32. The molecule has 1 aliphatic heterocycles. The molecule has 0 N–H and O–H groups in total. The predicted molar refractivity (Wildman–Crippen MR) is 71.3 cm³/mol. The van der Waals surface area contributed by atoms with Crippen molar-refractivity contribution in [3.63, 3.8) is 0 Å². The van der Waals surface area contributed by atoms with Crippen molar-refractivity contribution >= 4 is 0 Å². The van der Waals surface area contributed by atoms with Crippen molar-refractivity contribution < 1.29 is 9.47 Å². The summed E-state index contributed by atoms with van der Waals surface area (Å²) in [6.07, 6.45) is 1.50. The van der Waals surface area contributed by atoms with Crippen LogP contribution in [0.2, 0.25) is 0 Å². The second-order valence-electron chi connectivity index (χ2n) is 5.62. The van der Waals surface area contributed by atoms with Crippen molar-refractivity contribution in [2.75, 3.05) is 26.4 Å². The summed E-state index contributed by atoms with van der Waals surface area (Å²) >= 11 is 0. The first-order valence-electron chi connectivity index (χ1n) is 7.01. The summed E-state index contributed by atoms with van der Waals surface area (Å²) in [6, 6.07) is 0.975. The number of ether oxygens (including phenoxy) is 2. The van der Waals surface area contributed by atoms with Gasteiger partial charge >= 0.3 is 0 Å². The van der Waals surface area contributed by atoms with Gasteiger partial charge in [0.05, 0.1) is 32.0 Å². The third-order valence-corrected chi connectivity index (χ3v) is 3.37. The molecule has 1 aliphatic rings. The topological polar surface area (TPSA) is 21.7 Å². The predicted octanol–water partition coefficient (Wildman–Crippen LogP) is 2.55. The molecule has 1 rings (SSSR count). The number of rotatable bonds is 6. The Morgan fingerprint density at radius 1 is 1.24 bits per heavy atom. The minimum absolute atomic E-state index is 0.304. The van der Waals surface area contributed by atoms with Crippen molar-refractivity contribution in [2.45, 2.75) is 59.2 Å². The van der Waals surface area contributed by atoms with E-state index in [9.17, 15) is 0 Å². The van der Waals surface area contributed by atoms with E-state index < -0.39 is 0 Å². The highest BCUT2D eigenvalue weighted by atomic mass is 16.5. The van der Waals surface area contributed by atoms with Gasteiger partial charge in [0.15, 0.2) is 0 Å². The molecule has 3 heteroatoms. The van der Waals surface area contributed by atoms with Gasteiger partial charge in [0, 0.05) is 6.04 Å². The fraction of sp³-hybridized carbons (Fsp3) is 1.00. The van der Waals surface area contributed by atoms with E-state index in [0.29, 0.717) is 24.1 Å². The molecule has 0 amide bonds. The van der Waals surface area contributed by atoms with Crippen LogP contribution in [0.4, 0.5) is 0 Å². The Morgan fingerprint density at radius 2 is 1.94 bits per heavy atom. The van der Waals surface area contributed by atoms with Crippen LogP contribution in [-0.4, -0.2) is 49.5 Å². The summed E-state index contributed by atoms with van der Waals surface area (Å²) in [5.41, 5.74) is 0. The quantitative estimate of drug-likeness (QED) is 0.715. The Bertz CT molecular complexity index is 206. The van der Waals surface area contributed by atoms with E-state index in [2.05, 4.69) is 39.5 Å². The number of morpholine rings is 1. The lowest BCUT2D eigenvalue weighted by Crippen LogP contribution is -2.56. The standard InChI is InChI=1S/C14H29NO2/c1-6-7-15-13(9-17-12(4)5)8-16-10-14(15)11(2)3/h11-14H,6-10H2,1-5H3. The van der Waals surface area contributed by atoms with Crippen molar-refractivity contribution in [3.05, 3.63) is 0 Å². The smallest absolute Gasteiger partial charge is 0.0647 e. The largest absolute Gasteiger partial charge is 0.378 e. The molecule has 2 atom stereocenters. The number of nitrogens with zero attached hydrogens (tertiary/aromatic N) is 1. The van der Waals surface area contributed by atoms with Crippen LogP contribution >= 0.6 is 0 Å². The molecule has 2 unspecified atom stereocenters. The van der Waals surface area contributed by atoms with Gasteiger partial charge in [-0.1, -0.05) is 20.8 Å². The van der Waals surface area contributed by atoms with Crippen molar-refractivity contribution in [3.8, 4) is 0 Å². The van der Waals surface area contributed by atoms with Gasteiger partial charge in [-0.3, -0.25) is 4.90 Å². The van der Waals surface area contributed by atoms with Gasteiger partial charge in [-0.25, -0.2) is 0 Å². The molecule has 0 spiro atoms. The van der Waals surface area contributed by atoms with Crippen molar-refractivity contribution in [1.29, 1.82) is 0 Å². The van der Waals surface area contributed by atoms with E-state index >= 15 is 0 Å². The first kappa shape index (κ1) is 14.9. The molecular weight excluding hydrogens is 214 g/mol. The Kier molecular flexibility index (Phi) is 6.45. The summed E-state index contributed by atoms with van der Waals surface area (Å²) in [6.45, 7) is 14.6. The highest BCUT2D eigenvalue weighted by Crippen LogP contribution is 2.20. The molecule has 17 heavy (non-hydrogen) atoms. The second-order valence-corrected chi connectivity index (χ2v) is 5.62. The van der Waals surface area contributed by atoms with Gasteiger partial charge in [0.1, 0.15) is 0 Å². The van der Waals surface area contributed by atoms with Gasteiger partial charge in [0.2, 0.25) is 0 Å². The summed E-state index contributed by atoms with van der Waals surface area (Å²) in [4.78, 5) is 2.59. The molecule has 0 aliphatic carbocycles. The Labute approximate surface area is 106 Å². The third-order valence-electron chi connectivity index (χ3n) is 3.37. The molecule has 1 saturated heterocycles. The molecule has 0 saturated carbocycles. The average molecular weight is 243 g/mol. The molecular formula is C14H29NO2. The lowest BCUT2D eigenvalue weighted by Gasteiger charge is -2.43. The Morgan fingerprint density at radius 3 is 2.47 bits per heavy atom. The minimum Gasteiger partial charge on any atom is -0.378 e. The summed E-state index contributed by atoms with van der Waals surface area (Å²) < 4.78 is 11.5. The maximum atomic E-state index is 5.76. The normalized spacial score (nSPS) is 27.0. The average Bonchev–Trinajstić information content (AvgIpc) is 2.27. The minimum atomic E-state index is 0.304. The molecule has 0 aromatic carbocycles. The van der Waals surface area contributed by atoms with Crippen LogP contribution in [0.1, 0.15) is 41.0 Å². The highest BCUT2D eigenvalue weighted by molar-refractivity contribution is 4.84. The maximum Gasteiger partial charge on any atom is 0.0647 e. The SMILES string of the molecule is CCCN1C(COC(C)C)COCC1C(C)C. The molecule has 1 heterocycles. The van der Waals surface area contributed by atoms with Crippen LogP contribution < -0.4 is 0 Å². The molecule has 0 aromatic heterocycles. The van der Waals surface area contributed by atoms with E-state index in [4.69, 9.17) is 9.47 Å². The first-order chi connectivity index (χ1) is 8.06. The van der Waals surface area contributed by atoms with Crippen LogP contribution in [0.3, 0.4) is 0 Å². The van der Waals surface area contributed by atoms with Crippen LogP contribution in [-0.2, 0) is 9.47 Å². The second kappa shape index (κ2) is 7.34. The Hall–Kier alpha value is -0.120. The van der Waals surface area contributed by atoms with Crippen LogP contribution in [0, 0.1) is 5.92 Å². The van der Waals surface area contributed by atoms with Crippen molar-refractivity contribution in [1.82, 2.24) is 4.90 Å². The number of hydrogen-bond donors (Lipinski definition) is 0. The monoisotopic (exact) mass is 243 g/mol. The van der Waals surface area contributed by atoms with E-state index in [-0.39, 0.29) is 0 Å². The summed E-state index contributed by atoms with van der Waals surface area (Å²) in [5.74, 6) is 0.642. The molecule has 102 valence electrons. The van der Waals surface area contributed by atoms with E-state index in [1.54, 1.807) is 0 Å². The molecule has 1 fully saturated rings. The van der Waals surface area contributed by atoms with Gasteiger partial charge in [-0.15, -0.1) is 0 Å². The zero-order chi connectivity index (χ0) is 12.8. The van der Waals surface area contributed by atoms with E-state index in [1.807, 2.05) is 0 Å². The first-order valence-corrected chi connectivity index (χ1v) is 7.01. The van der Waals surface area contributed by atoms with Crippen LogP contribution in [0.25, 0.3) is 0 Å². The van der Waals surface area contributed by atoms with Crippen molar-refractivity contribution in [2.24, 2.45) is 5.92 Å². The molecule has 3 nitrogen and oxygen atoms in total. The van der Waals surface area contributed by atoms with Crippen LogP contribution in [0.5, 0.6) is 0 Å². The zero-order valence-corrected chi connectivity index (χ0v) is 12.1. The maximum absolute atomic E-state index is 5.76. The fourth-order valence-electron chi connectivity index (χ4n) is 2.42.